The van der Waals surface area contributed by atoms with E-state index in [4.69, 9.17) is 26.1 Å². The van der Waals surface area contributed by atoms with Crippen LogP contribution in [0.25, 0.3) is 26.4 Å². The highest BCUT2D eigenvalue weighted by molar-refractivity contribution is 7.71. The zero-order valence-corrected chi connectivity index (χ0v) is 17.9. The van der Waals surface area contributed by atoms with Gasteiger partial charge in [-0.05, 0) is 56.1 Å². The lowest BCUT2D eigenvalue weighted by Crippen LogP contribution is -2.20. The summed E-state index contributed by atoms with van der Waals surface area (Å²) in [5, 5.41) is 0.435. The summed E-state index contributed by atoms with van der Waals surface area (Å²) in [6, 6.07) is 7.42. The van der Waals surface area contributed by atoms with Crippen LogP contribution >= 0.6 is 23.6 Å². The Morgan fingerprint density at radius 1 is 1.23 bits per heavy atom. The molecule has 154 valence electrons. The Morgan fingerprint density at radius 2 is 2.07 bits per heavy atom. The molecular weight excluding hydrogens is 422 g/mol. The van der Waals surface area contributed by atoms with Gasteiger partial charge in [0.2, 0.25) is 10.7 Å². The van der Waals surface area contributed by atoms with Crippen LogP contribution in [0.2, 0.25) is 0 Å². The predicted molar refractivity (Wildman–Crippen MR) is 118 cm³/mol. The molecule has 0 atom stereocenters. The molecule has 9 heteroatoms. The fraction of sp³-hybridized carbons (Fsp3) is 0.333. The van der Waals surface area contributed by atoms with Gasteiger partial charge in [0.15, 0.2) is 11.3 Å². The molecule has 4 aromatic rings. The first kappa shape index (κ1) is 19.2. The molecular formula is C21H19N3O4S2. The highest BCUT2D eigenvalue weighted by Crippen LogP contribution is 2.31. The van der Waals surface area contributed by atoms with Crippen LogP contribution in [0.5, 0.6) is 11.5 Å². The summed E-state index contributed by atoms with van der Waals surface area (Å²) in [5.74, 6) is 1.23. The number of ether oxygens (including phenoxy) is 2. The molecule has 0 unspecified atom stereocenters. The summed E-state index contributed by atoms with van der Waals surface area (Å²) in [6.45, 7) is 0. The second kappa shape index (κ2) is 7.81. The highest BCUT2D eigenvalue weighted by Gasteiger charge is 2.18. The van der Waals surface area contributed by atoms with E-state index in [1.165, 1.54) is 48.5 Å². The maximum Gasteiger partial charge on any atom is 0.290 e. The number of methoxy groups -OCH3 is 1. The lowest BCUT2D eigenvalue weighted by Gasteiger charge is -2.22. The molecule has 0 N–H and O–H groups in total. The van der Waals surface area contributed by atoms with E-state index < -0.39 is 5.56 Å². The van der Waals surface area contributed by atoms with Crippen molar-refractivity contribution in [2.24, 2.45) is 0 Å². The molecule has 7 nitrogen and oxygen atoms in total. The average Bonchev–Trinajstić information content (AvgIpc) is 3.17. The van der Waals surface area contributed by atoms with Crippen LogP contribution in [-0.4, -0.2) is 27.7 Å². The van der Waals surface area contributed by atoms with Crippen LogP contribution in [0.1, 0.15) is 32.1 Å². The number of nitrogens with zero attached hydrogens (tertiary/aromatic N) is 3. The van der Waals surface area contributed by atoms with E-state index in [1.54, 1.807) is 6.07 Å². The van der Waals surface area contributed by atoms with Gasteiger partial charge in [-0.1, -0.05) is 17.8 Å². The third-order valence-electron chi connectivity index (χ3n) is 5.26. The van der Waals surface area contributed by atoms with Crippen molar-refractivity contribution < 1.29 is 13.9 Å². The number of thiazole rings is 1. The van der Waals surface area contributed by atoms with Crippen molar-refractivity contribution in [1.29, 1.82) is 0 Å². The normalized spacial score (nSPS) is 15.0. The summed E-state index contributed by atoms with van der Waals surface area (Å²) in [6.07, 6.45) is 7.67. The van der Waals surface area contributed by atoms with Gasteiger partial charge >= 0.3 is 0 Å². The third-order valence-corrected chi connectivity index (χ3v) is 6.53. The van der Waals surface area contributed by atoms with Gasteiger partial charge in [-0.15, -0.1) is 0 Å². The largest absolute Gasteiger partial charge is 0.493 e. The Morgan fingerprint density at radius 3 is 2.87 bits per heavy atom. The van der Waals surface area contributed by atoms with Crippen LogP contribution in [-0.2, 0) is 0 Å². The molecule has 30 heavy (non-hydrogen) atoms. The van der Waals surface area contributed by atoms with Crippen LogP contribution in [0.3, 0.4) is 0 Å². The Balaban J connectivity index is 1.57. The van der Waals surface area contributed by atoms with E-state index in [-0.39, 0.29) is 22.0 Å². The van der Waals surface area contributed by atoms with Crippen molar-refractivity contribution in [3.05, 3.63) is 45.7 Å². The lowest BCUT2D eigenvalue weighted by atomic mass is 9.98. The number of benzene rings is 1. The third kappa shape index (κ3) is 3.37. The number of rotatable bonds is 4. The number of hydrogen-bond acceptors (Lipinski definition) is 8. The molecule has 0 aliphatic heterocycles. The summed E-state index contributed by atoms with van der Waals surface area (Å²) < 4.78 is 19.3. The first-order chi connectivity index (χ1) is 14.6. The van der Waals surface area contributed by atoms with E-state index in [9.17, 15) is 4.79 Å². The van der Waals surface area contributed by atoms with Crippen LogP contribution < -0.4 is 15.0 Å². The molecule has 0 spiro atoms. The van der Waals surface area contributed by atoms with Crippen molar-refractivity contribution in [1.82, 2.24) is 14.5 Å². The molecule has 0 amide bonds. The zero-order valence-electron chi connectivity index (χ0n) is 16.3. The van der Waals surface area contributed by atoms with Crippen LogP contribution in [0, 0.1) is 4.84 Å². The van der Waals surface area contributed by atoms with Gasteiger partial charge in [-0.2, -0.15) is 0 Å². The van der Waals surface area contributed by atoms with Gasteiger partial charge in [-0.25, -0.2) is 14.5 Å². The molecule has 1 saturated carbocycles. The first-order valence-electron chi connectivity index (χ1n) is 9.80. The standard InChI is InChI=1S/C21H19N3O4S2/c1-26-15-9-10-22-17-18(15)28-21(29)24(19(17)25)20-23-14-8-7-13(11-16(14)30-20)27-12-5-3-2-4-6-12/h7-12H,2-6H2,1H3. The predicted octanol–water partition coefficient (Wildman–Crippen LogP) is 5.04. The minimum absolute atomic E-state index is 0.00321. The monoisotopic (exact) mass is 441 g/mol. The smallest absolute Gasteiger partial charge is 0.290 e. The first-order valence-corrected chi connectivity index (χ1v) is 11.0. The second-order valence-corrected chi connectivity index (χ2v) is 8.56. The number of aromatic nitrogens is 3. The number of pyridine rings is 1. The Bertz CT molecular complexity index is 1350. The molecule has 5 rings (SSSR count). The van der Waals surface area contributed by atoms with Gasteiger partial charge in [0, 0.05) is 12.3 Å². The van der Waals surface area contributed by atoms with Crippen molar-refractivity contribution in [3.63, 3.8) is 0 Å². The fourth-order valence-electron chi connectivity index (χ4n) is 3.77. The Labute approximate surface area is 180 Å². The zero-order chi connectivity index (χ0) is 20.7. The minimum atomic E-state index is -0.391. The summed E-state index contributed by atoms with van der Waals surface area (Å²) >= 11 is 6.71. The second-order valence-electron chi connectivity index (χ2n) is 7.20. The van der Waals surface area contributed by atoms with Gasteiger partial charge in [-0.3, -0.25) is 4.79 Å². The van der Waals surface area contributed by atoms with E-state index in [0.29, 0.717) is 10.9 Å². The average molecular weight is 442 g/mol. The lowest BCUT2D eigenvalue weighted by molar-refractivity contribution is 0.155. The quantitative estimate of drug-likeness (QED) is 0.411. The molecule has 0 radical (unpaired) electrons. The van der Waals surface area contributed by atoms with Gasteiger partial charge in [0.1, 0.15) is 5.75 Å². The van der Waals surface area contributed by atoms with E-state index >= 15 is 0 Å². The maximum absolute atomic E-state index is 13.1. The van der Waals surface area contributed by atoms with E-state index in [1.807, 2.05) is 18.2 Å². The molecule has 1 aromatic carbocycles. The van der Waals surface area contributed by atoms with Crippen LogP contribution in [0.4, 0.5) is 0 Å². The highest BCUT2D eigenvalue weighted by atomic mass is 32.1. The minimum Gasteiger partial charge on any atom is -0.493 e. The summed E-state index contributed by atoms with van der Waals surface area (Å²) in [7, 11) is 1.50. The topological polar surface area (TPSA) is 79.4 Å². The number of hydrogen-bond donors (Lipinski definition) is 0. The van der Waals surface area contributed by atoms with E-state index in [2.05, 4.69) is 9.97 Å². The molecule has 0 bridgehead atoms. The molecule has 3 heterocycles. The van der Waals surface area contributed by atoms with Crippen LogP contribution in [0.15, 0.2) is 39.7 Å². The van der Waals surface area contributed by atoms with E-state index in [0.717, 1.165) is 28.8 Å². The number of fused-ring (bicyclic) bond motifs is 2. The molecule has 1 aliphatic rings. The maximum atomic E-state index is 13.1. The SMILES string of the molecule is COc1ccnc2c(=O)n(-c3nc4ccc(OC5CCCCC5)cc4s3)c(=S)oc12. The van der Waals surface area contributed by atoms with Crippen molar-refractivity contribution in [3.8, 4) is 16.6 Å². The van der Waals surface area contributed by atoms with Crippen molar-refractivity contribution in [2.45, 2.75) is 38.2 Å². The molecule has 0 saturated heterocycles. The van der Waals surface area contributed by atoms with Gasteiger partial charge < -0.3 is 13.9 Å². The van der Waals surface area contributed by atoms with Crippen molar-refractivity contribution in [2.75, 3.05) is 7.11 Å². The molecule has 1 aliphatic carbocycles. The Kier molecular flexibility index (Phi) is 5.00. The summed E-state index contributed by atoms with van der Waals surface area (Å²) in [4.78, 5) is 21.8. The Hall–Kier alpha value is -2.78. The molecule has 3 aromatic heterocycles. The fourth-order valence-corrected chi connectivity index (χ4v) is 5.07. The van der Waals surface area contributed by atoms with Gasteiger partial charge in [0.25, 0.3) is 10.4 Å². The summed E-state index contributed by atoms with van der Waals surface area (Å²) in [5.41, 5.74) is 0.753. The van der Waals surface area contributed by atoms with Gasteiger partial charge in [0.05, 0.1) is 23.4 Å². The van der Waals surface area contributed by atoms with Crippen molar-refractivity contribution >= 4 is 44.9 Å². The molecule has 1 fully saturated rings.